The molecule has 0 aliphatic carbocycles. The Morgan fingerprint density at radius 1 is 0.909 bits per heavy atom. The molecule has 0 aliphatic rings. The van der Waals surface area contributed by atoms with Gasteiger partial charge in [-0.25, -0.2) is 9.97 Å². The van der Waals surface area contributed by atoms with E-state index in [0.29, 0.717) is 17.2 Å². The number of nitrogens with two attached hydrogens (primary N) is 1. The van der Waals surface area contributed by atoms with Gasteiger partial charge < -0.3 is 5.73 Å². The van der Waals surface area contributed by atoms with Crippen molar-refractivity contribution in [3.63, 3.8) is 0 Å². The predicted molar refractivity (Wildman–Crippen MR) is 87.4 cm³/mol. The number of aryl methyl sites for hydroxylation is 1. The van der Waals surface area contributed by atoms with Gasteiger partial charge in [-0.05, 0) is 12.5 Å². The van der Waals surface area contributed by atoms with E-state index in [1.807, 2.05) is 49.4 Å². The van der Waals surface area contributed by atoms with E-state index in [-0.39, 0.29) is 0 Å². The second-order valence-corrected chi connectivity index (χ2v) is 4.99. The largest absolute Gasteiger partial charge is 0.383 e. The van der Waals surface area contributed by atoms with E-state index in [1.54, 1.807) is 12.1 Å². The van der Waals surface area contributed by atoms with Crippen LogP contribution in [0.15, 0.2) is 54.6 Å². The number of hydrogen-bond donors (Lipinski definition) is 1. The van der Waals surface area contributed by atoms with E-state index in [4.69, 9.17) is 5.73 Å². The van der Waals surface area contributed by atoms with Gasteiger partial charge in [0.2, 0.25) is 0 Å². The fourth-order valence-electron chi connectivity index (χ4n) is 2.41. The molecule has 0 saturated carbocycles. The lowest BCUT2D eigenvalue weighted by Crippen LogP contribution is -2.02. The molecule has 0 radical (unpaired) electrons. The van der Waals surface area contributed by atoms with Crippen LogP contribution in [0.4, 0.5) is 5.82 Å². The minimum atomic E-state index is 0.452. The van der Waals surface area contributed by atoms with Crippen molar-refractivity contribution in [3.8, 4) is 22.4 Å². The third-order valence-corrected chi connectivity index (χ3v) is 3.43. The Labute approximate surface area is 128 Å². The number of benzene rings is 2. The first kappa shape index (κ1) is 13.9. The highest BCUT2D eigenvalue weighted by Gasteiger charge is 2.14. The van der Waals surface area contributed by atoms with Crippen molar-refractivity contribution in [2.45, 2.75) is 6.92 Å². The minimum Gasteiger partial charge on any atom is -0.383 e. The number of nitrogen functional groups attached to an aromatic ring is 1. The average molecular weight is 289 g/mol. The molecule has 2 aromatic carbocycles. The Kier molecular flexibility index (Phi) is 3.66. The van der Waals surface area contributed by atoms with Crippen molar-refractivity contribution in [2.75, 3.05) is 5.73 Å². The number of aromatic nitrogens is 2. The van der Waals surface area contributed by atoms with E-state index >= 15 is 0 Å². The van der Waals surface area contributed by atoms with Crippen molar-refractivity contribution >= 4 is 12.1 Å². The van der Waals surface area contributed by atoms with Crippen LogP contribution in [0.1, 0.15) is 16.2 Å². The maximum atomic E-state index is 10.8. The van der Waals surface area contributed by atoms with E-state index < -0.39 is 0 Å². The lowest BCUT2D eigenvalue weighted by atomic mass is 9.99. The number of nitrogens with zero attached hydrogens (tertiary/aromatic N) is 2. The zero-order valence-corrected chi connectivity index (χ0v) is 12.2. The van der Waals surface area contributed by atoms with Gasteiger partial charge in [0.1, 0.15) is 17.9 Å². The quantitative estimate of drug-likeness (QED) is 0.749. The molecule has 108 valence electrons. The Bertz CT molecular complexity index is 812. The van der Waals surface area contributed by atoms with Gasteiger partial charge in [0.15, 0.2) is 0 Å². The van der Waals surface area contributed by atoms with E-state index in [0.717, 1.165) is 28.7 Å². The molecule has 0 unspecified atom stereocenters. The van der Waals surface area contributed by atoms with Crippen LogP contribution in [-0.2, 0) is 0 Å². The Balaban J connectivity index is 2.23. The summed E-state index contributed by atoms with van der Waals surface area (Å²) < 4.78 is 0. The van der Waals surface area contributed by atoms with Gasteiger partial charge in [0.25, 0.3) is 0 Å². The summed E-state index contributed by atoms with van der Waals surface area (Å²) in [6.07, 6.45) is 0.821. The molecular weight excluding hydrogens is 274 g/mol. The summed E-state index contributed by atoms with van der Waals surface area (Å²) in [5.41, 5.74) is 10.2. The zero-order valence-electron chi connectivity index (χ0n) is 12.2. The summed E-state index contributed by atoms with van der Waals surface area (Å²) >= 11 is 0. The smallest absolute Gasteiger partial charge is 0.150 e. The highest BCUT2D eigenvalue weighted by Crippen LogP contribution is 2.34. The van der Waals surface area contributed by atoms with Gasteiger partial charge in [-0.2, -0.15) is 0 Å². The molecule has 0 amide bonds. The highest BCUT2D eigenvalue weighted by atomic mass is 16.1. The van der Waals surface area contributed by atoms with Gasteiger partial charge >= 0.3 is 0 Å². The first-order chi connectivity index (χ1) is 10.7. The van der Waals surface area contributed by atoms with Crippen LogP contribution in [0, 0.1) is 6.92 Å². The molecule has 0 saturated heterocycles. The van der Waals surface area contributed by atoms with Crippen molar-refractivity contribution < 1.29 is 4.79 Å². The summed E-state index contributed by atoms with van der Waals surface area (Å²) in [5.74, 6) is 1.07. The Morgan fingerprint density at radius 3 is 2.23 bits per heavy atom. The second kappa shape index (κ2) is 5.77. The SMILES string of the molecule is Cc1nc(N)c(-c2ccccc2)c(-c2ccc(C=O)cc2)n1. The predicted octanol–water partition coefficient (Wildman–Crippen LogP) is 3.51. The van der Waals surface area contributed by atoms with Crippen molar-refractivity contribution in [3.05, 3.63) is 66.0 Å². The fraction of sp³-hybridized carbons (Fsp3) is 0.0556. The van der Waals surface area contributed by atoms with E-state index in [9.17, 15) is 4.79 Å². The first-order valence-corrected chi connectivity index (χ1v) is 6.94. The number of carbonyl (C=O) groups excluding carboxylic acids is 1. The summed E-state index contributed by atoms with van der Waals surface area (Å²) in [5, 5.41) is 0. The molecule has 2 N–H and O–H groups in total. The van der Waals surface area contributed by atoms with Gasteiger partial charge in [-0.3, -0.25) is 4.79 Å². The maximum Gasteiger partial charge on any atom is 0.150 e. The van der Waals surface area contributed by atoms with Crippen molar-refractivity contribution in [1.82, 2.24) is 9.97 Å². The average Bonchev–Trinajstić information content (AvgIpc) is 2.55. The number of hydrogen-bond acceptors (Lipinski definition) is 4. The summed E-state index contributed by atoms with van der Waals surface area (Å²) in [6, 6.07) is 17.1. The van der Waals surface area contributed by atoms with E-state index in [1.165, 1.54) is 0 Å². The van der Waals surface area contributed by atoms with Crippen LogP contribution in [0.2, 0.25) is 0 Å². The number of carbonyl (C=O) groups is 1. The molecule has 22 heavy (non-hydrogen) atoms. The van der Waals surface area contributed by atoms with Crippen LogP contribution in [0.5, 0.6) is 0 Å². The van der Waals surface area contributed by atoms with Gasteiger partial charge in [0, 0.05) is 11.1 Å². The van der Waals surface area contributed by atoms with Crippen LogP contribution in [0.3, 0.4) is 0 Å². The molecule has 1 heterocycles. The molecule has 4 heteroatoms. The molecule has 4 nitrogen and oxygen atoms in total. The van der Waals surface area contributed by atoms with Crippen molar-refractivity contribution in [1.29, 1.82) is 0 Å². The molecule has 1 aromatic heterocycles. The Hall–Kier alpha value is -3.01. The lowest BCUT2D eigenvalue weighted by molar-refractivity contribution is 0.112. The van der Waals surface area contributed by atoms with Crippen LogP contribution in [0.25, 0.3) is 22.4 Å². The number of anilines is 1. The van der Waals surface area contributed by atoms with Crippen LogP contribution >= 0.6 is 0 Å². The topological polar surface area (TPSA) is 68.9 Å². The molecule has 0 spiro atoms. The molecule has 0 fully saturated rings. The van der Waals surface area contributed by atoms with Crippen molar-refractivity contribution in [2.24, 2.45) is 0 Å². The standard InChI is InChI=1S/C18H15N3O/c1-12-20-17(15-9-7-13(11-22)8-10-15)16(18(19)21-12)14-5-3-2-4-6-14/h2-11H,1H3,(H2,19,20,21). The second-order valence-electron chi connectivity index (χ2n) is 4.99. The molecular formula is C18H15N3O. The number of rotatable bonds is 3. The summed E-state index contributed by atoms with van der Waals surface area (Å²) in [7, 11) is 0. The highest BCUT2D eigenvalue weighted by molar-refractivity contribution is 5.88. The monoisotopic (exact) mass is 289 g/mol. The van der Waals surface area contributed by atoms with Gasteiger partial charge in [0.05, 0.1) is 11.3 Å². The van der Waals surface area contributed by atoms with E-state index in [2.05, 4.69) is 9.97 Å². The maximum absolute atomic E-state index is 10.8. The fourth-order valence-corrected chi connectivity index (χ4v) is 2.41. The third kappa shape index (κ3) is 2.59. The minimum absolute atomic E-state index is 0.452. The van der Waals surface area contributed by atoms with Gasteiger partial charge in [-0.1, -0.05) is 54.6 Å². The van der Waals surface area contributed by atoms with Gasteiger partial charge in [-0.15, -0.1) is 0 Å². The molecule has 0 aliphatic heterocycles. The molecule has 3 aromatic rings. The normalized spacial score (nSPS) is 10.4. The first-order valence-electron chi connectivity index (χ1n) is 6.94. The van der Waals surface area contributed by atoms with Crippen LogP contribution < -0.4 is 5.73 Å². The molecule has 0 atom stereocenters. The molecule has 0 bridgehead atoms. The van der Waals surface area contributed by atoms with Crippen LogP contribution in [-0.4, -0.2) is 16.3 Å². The third-order valence-electron chi connectivity index (χ3n) is 3.43. The lowest BCUT2D eigenvalue weighted by Gasteiger charge is -2.12. The molecule has 3 rings (SSSR count). The summed E-state index contributed by atoms with van der Waals surface area (Å²) in [4.78, 5) is 19.6. The number of aldehydes is 1. The zero-order chi connectivity index (χ0) is 15.5. The summed E-state index contributed by atoms with van der Waals surface area (Å²) in [6.45, 7) is 1.81. The Morgan fingerprint density at radius 2 is 1.59 bits per heavy atom.